The Morgan fingerprint density at radius 3 is 2.56 bits per heavy atom. The van der Waals surface area contributed by atoms with Gasteiger partial charge in [-0.05, 0) is 26.3 Å². The van der Waals surface area contributed by atoms with Gasteiger partial charge in [-0.25, -0.2) is 13.2 Å². The third kappa shape index (κ3) is 3.74. The zero-order chi connectivity index (χ0) is 13.9. The van der Waals surface area contributed by atoms with Crippen molar-refractivity contribution in [3.05, 3.63) is 18.0 Å². The predicted molar refractivity (Wildman–Crippen MR) is 68.3 cm³/mol. The van der Waals surface area contributed by atoms with Gasteiger partial charge in [-0.2, -0.15) is 0 Å². The van der Waals surface area contributed by atoms with E-state index in [1.54, 1.807) is 18.4 Å². The molecule has 0 spiro atoms. The number of carbonyl (C=O) groups is 1. The highest BCUT2D eigenvalue weighted by molar-refractivity contribution is 8.13. The lowest BCUT2D eigenvalue weighted by atomic mass is 10.4. The summed E-state index contributed by atoms with van der Waals surface area (Å²) < 4.78 is 29.1. The van der Waals surface area contributed by atoms with Crippen molar-refractivity contribution in [1.82, 2.24) is 4.57 Å². The molecular weight excluding hydrogens is 278 g/mol. The number of nitrogens with zero attached hydrogens (tertiary/aromatic N) is 1. The zero-order valence-corrected chi connectivity index (χ0v) is 12.1. The molecule has 0 atom stereocenters. The van der Waals surface area contributed by atoms with Crippen LogP contribution >= 0.6 is 10.7 Å². The second-order valence-electron chi connectivity index (χ2n) is 4.15. The van der Waals surface area contributed by atoms with Crippen molar-refractivity contribution in [2.45, 2.75) is 44.7 Å². The van der Waals surface area contributed by atoms with E-state index in [0.29, 0.717) is 6.54 Å². The molecule has 0 saturated heterocycles. The van der Waals surface area contributed by atoms with Crippen LogP contribution in [0.2, 0.25) is 0 Å². The van der Waals surface area contributed by atoms with Gasteiger partial charge in [0, 0.05) is 23.4 Å². The summed E-state index contributed by atoms with van der Waals surface area (Å²) >= 11 is 0. The fraction of sp³-hybridized carbons (Fsp3) is 0.545. The number of halogens is 1. The van der Waals surface area contributed by atoms with Crippen molar-refractivity contribution in [2.75, 3.05) is 0 Å². The maximum atomic E-state index is 11.8. The van der Waals surface area contributed by atoms with Gasteiger partial charge in [0.25, 0.3) is 9.05 Å². The van der Waals surface area contributed by atoms with Crippen LogP contribution in [0.4, 0.5) is 0 Å². The van der Waals surface area contributed by atoms with E-state index in [4.69, 9.17) is 15.4 Å². The summed E-state index contributed by atoms with van der Waals surface area (Å²) in [6.45, 7) is 5.90. The highest BCUT2D eigenvalue weighted by Gasteiger charge is 2.21. The summed E-state index contributed by atoms with van der Waals surface area (Å²) in [4.78, 5) is 11.7. The van der Waals surface area contributed by atoms with E-state index in [2.05, 4.69) is 0 Å². The van der Waals surface area contributed by atoms with Gasteiger partial charge in [-0.15, -0.1) is 0 Å². The first-order valence-corrected chi connectivity index (χ1v) is 7.92. The number of rotatable bonds is 5. The molecule has 0 radical (unpaired) electrons. The van der Waals surface area contributed by atoms with Gasteiger partial charge in [0.05, 0.1) is 6.10 Å². The molecule has 0 amide bonds. The molecule has 5 nitrogen and oxygen atoms in total. The molecule has 0 N–H and O–H groups in total. The molecule has 0 saturated carbocycles. The molecule has 1 aromatic rings. The Hall–Kier alpha value is -1.01. The van der Waals surface area contributed by atoms with Gasteiger partial charge < -0.3 is 9.30 Å². The highest BCUT2D eigenvalue weighted by atomic mass is 35.7. The normalized spacial score (nSPS) is 11.8. The van der Waals surface area contributed by atoms with Crippen LogP contribution in [0.3, 0.4) is 0 Å². The van der Waals surface area contributed by atoms with Gasteiger partial charge in [-0.3, -0.25) is 0 Å². The summed E-state index contributed by atoms with van der Waals surface area (Å²) in [6, 6.07) is 1.24. The van der Waals surface area contributed by atoms with Crippen molar-refractivity contribution < 1.29 is 17.9 Å². The molecule has 18 heavy (non-hydrogen) atoms. The van der Waals surface area contributed by atoms with E-state index < -0.39 is 15.0 Å². The quantitative estimate of drug-likeness (QED) is 0.617. The number of esters is 1. The molecule has 0 aliphatic rings. The minimum atomic E-state index is -3.84. The number of aromatic nitrogens is 1. The molecule has 0 aliphatic heterocycles. The molecule has 1 aromatic heterocycles. The first kappa shape index (κ1) is 15.0. The highest BCUT2D eigenvalue weighted by Crippen LogP contribution is 2.20. The molecule has 0 aromatic carbocycles. The molecule has 7 heteroatoms. The second-order valence-corrected chi connectivity index (χ2v) is 6.71. The molecule has 0 aliphatic carbocycles. The van der Waals surface area contributed by atoms with Crippen molar-refractivity contribution in [1.29, 1.82) is 0 Å². The Morgan fingerprint density at radius 1 is 1.50 bits per heavy atom. The summed E-state index contributed by atoms with van der Waals surface area (Å²) in [5.41, 5.74) is 0.199. The predicted octanol–water partition coefficient (Wildman–Crippen LogP) is 2.39. The maximum absolute atomic E-state index is 11.8. The number of hydrogen-bond acceptors (Lipinski definition) is 4. The fourth-order valence-electron chi connectivity index (χ4n) is 1.49. The summed E-state index contributed by atoms with van der Waals surface area (Å²) in [6.07, 6.45) is 1.85. The van der Waals surface area contributed by atoms with Gasteiger partial charge in [-0.1, -0.05) is 6.92 Å². The first-order valence-electron chi connectivity index (χ1n) is 5.61. The maximum Gasteiger partial charge on any atom is 0.355 e. The third-order valence-corrected chi connectivity index (χ3v) is 3.49. The molecular formula is C11H16ClNO4S. The Balaban J connectivity index is 3.16. The average molecular weight is 294 g/mol. The van der Waals surface area contributed by atoms with Crippen LogP contribution in [0, 0.1) is 0 Å². The minimum absolute atomic E-state index is 0.0895. The lowest BCUT2D eigenvalue weighted by Crippen LogP contribution is -2.15. The smallest absolute Gasteiger partial charge is 0.355 e. The van der Waals surface area contributed by atoms with Gasteiger partial charge in [0.2, 0.25) is 0 Å². The summed E-state index contributed by atoms with van der Waals surface area (Å²) in [5, 5.41) is 0. The van der Waals surface area contributed by atoms with Crippen LogP contribution in [-0.4, -0.2) is 25.1 Å². The summed E-state index contributed by atoms with van der Waals surface area (Å²) in [7, 11) is 1.42. The average Bonchev–Trinajstić information content (AvgIpc) is 2.60. The Kier molecular flexibility index (Phi) is 4.81. The Labute approximate surface area is 111 Å². The number of carbonyl (C=O) groups excluding carboxylic acids is 1. The fourth-order valence-corrected chi connectivity index (χ4v) is 2.25. The molecule has 1 heterocycles. The van der Waals surface area contributed by atoms with Crippen molar-refractivity contribution >= 4 is 25.7 Å². The Bertz CT molecular complexity index is 533. The van der Waals surface area contributed by atoms with Crippen molar-refractivity contribution in [3.63, 3.8) is 0 Å². The topological polar surface area (TPSA) is 65.4 Å². The number of aryl methyl sites for hydroxylation is 1. The van der Waals surface area contributed by atoms with E-state index >= 15 is 0 Å². The van der Waals surface area contributed by atoms with Crippen LogP contribution in [0.1, 0.15) is 37.7 Å². The lowest BCUT2D eigenvalue weighted by Gasteiger charge is -2.10. The van der Waals surface area contributed by atoms with E-state index in [1.165, 1.54) is 12.3 Å². The molecule has 102 valence electrons. The lowest BCUT2D eigenvalue weighted by molar-refractivity contribution is 0.0365. The Morgan fingerprint density at radius 2 is 2.11 bits per heavy atom. The van der Waals surface area contributed by atoms with Crippen molar-refractivity contribution in [3.8, 4) is 0 Å². The van der Waals surface area contributed by atoms with E-state index in [0.717, 1.165) is 6.42 Å². The van der Waals surface area contributed by atoms with Gasteiger partial charge >= 0.3 is 5.97 Å². The molecule has 0 unspecified atom stereocenters. The second kappa shape index (κ2) is 5.75. The largest absolute Gasteiger partial charge is 0.458 e. The zero-order valence-electron chi connectivity index (χ0n) is 10.5. The van der Waals surface area contributed by atoms with E-state index in [9.17, 15) is 13.2 Å². The molecule has 0 fully saturated rings. The first-order chi connectivity index (χ1) is 8.25. The number of ether oxygens (including phenoxy) is 1. The molecule has 0 bridgehead atoms. The standard InChI is InChI=1S/C11H16ClNO4S/c1-4-5-13-7-9(18(12,15)16)6-10(13)11(14)17-8(2)3/h6-8H,4-5H2,1-3H3. The van der Waals surface area contributed by atoms with Crippen LogP contribution in [0.25, 0.3) is 0 Å². The van der Waals surface area contributed by atoms with Crippen LogP contribution in [-0.2, 0) is 20.3 Å². The number of hydrogen-bond donors (Lipinski definition) is 0. The SMILES string of the molecule is CCCn1cc(S(=O)(=O)Cl)cc1C(=O)OC(C)C. The molecule has 1 rings (SSSR count). The van der Waals surface area contributed by atoms with E-state index in [1.807, 2.05) is 6.92 Å². The van der Waals surface area contributed by atoms with Crippen LogP contribution < -0.4 is 0 Å². The van der Waals surface area contributed by atoms with Gasteiger partial charge in [0.15, 0.2) is 0 Å². The van der Waals surface area contributed by atoms with E-state index in [-0.39, 0.29) is 16.7 Å². The van der Waals surface area contributed by atoms with Gasteiger partial charge in [0.1, 0.15) is 10.6 Å². The van der Waals surface area contributed by atoms with Crippen LogP contribution in [0.15, 0.2) is 17.2 Å². The minimum Gasteiger partial charge on any atom is -0.458 e. The summed E-state index contributed by atoms with van der Waals surface area (Å²) in [5.74, 6) is -0.551. The monoisotopic (exact) mass is 293 g/mol. The van der Waals surface area contributed by atoms with Crippen molar-refractivity contribution in [2.24, 2.45) is 0 Å². The third-order valence-electron chi connectivity index (χ3n) is 2.17. The van der Waals surface area contributed by atoms with Crippen LogP contribution in [0.5, 0.6) is 0 Å².